The molecule has 1 amide bonds. The van der Waals surface area contributed by atoms with Gasteiger partial charge in [-0.1, -0.05) is 0 Å². The number of rotatable bonds is 2. The Balaban J connectivity index is 1.84. The number of carbonyl (C=O) groups is 1. The van der Waals surface area contributed by atoms with E-state index in [1.54, 1.807) is 7.11 Å². The van der Waals surface area contributed by atoms with Gasteiger partial charge in [-0.05, 0) is 44.0 Å². The maximum Gasteiger partial charge on any atom is 0.253 e. The van der Waals surface area contributed by atoms with Gasteiger partial charge in [0.1, 0.15) is 0 Å². The van der Waals surface area contributed by atoms with E-state index in [2.05, 4.69) is 11.9 Å². The molecule has 1 atom stereocenters. The topological polar surface area (TPSA) is 45.3 Å². The number of fused-ring (bicyclic) bond motifs is 1. The lowest BCUT2D eigenvalue weighted by molar-refractivity contribution is -0.0440. The zero-order chi connectivity index (χ0) is 14.2. The third-order valence-corrected chi connectivity index (χ3v) is 4.24. The molecule has 3 rings (SSSR count). The van der Waals surface area contributed by atoms with Gasteiger partial charge in [0.25, 0.3) is 5.91 Å². The Bertz CT molecular complexity index is 634. The van der Waals surface area contributed by atoms with Crippen LogP contribution in [-0.2, 0) is 4.74 Å². The quantitative estimate of drug-likeness (QED) is 0.913. The van der Waals surface area contributed by atoms with Crippen molar-refractivity contribution in [3.63, 3.8) is 0 Å². The molecule has 1 aromatic carbocycles. The van der Waals surface area contributed by atoms with Crippen molar-refractivity contribution in [3.8, 4) is 0 Å². The van der Waals surface area contributed by atoms with Crippen molar-refractivity contribution in [1.82, 2.24) is 9.88 Å². The summed E-state index contributed by atoms with van der Waals surface area (Å²) in [7, 11) is 1.72. The molecule has 106 valence electrons. The molecule has 20 heavy (non-hydrogen) atoms. The summed E-state index contributed by atoms with van der Waals surface area (Å²) in [4.78, 5) is 17.7. The number of aromatic nitrogens is 1. The van der Waals surface area contributed by atoms with Crippen LogP contribution in [0.25, 0.3) is 10.9 Å². The van der Waals surface area contributed by atoms with Crippen LogP contribution >= 0.6 is 0 Å². The summed E-state index contributed by atoms with van der Waals surface area (Å²) < 4.78 is 5.55. The average Bonchev–Trinajstić information content (AvgIpc) is 2.94. The zero-order valence-corrected chi connectivity index (χ0v) is 12.0. The van der Waals surface area contributed by atoms with Crippen LogP contribution in [0.2, 0.25) is 0 Å². The first-order valence-electron chi connectivity index (χ1n) is 7.03. The third-order valence-electron chi connectivity index (χ3n) is 4.24. The summed E-state index contributed by atoms with van der Waals surface area (Å²) >= 11 is 0. The fourth-order valence-corrected chi connectivity index (χ4v) is 2.91. The van der Waals surface area contributed by atoms with Gasteiger partial charge in [-0.25, -0.2) is 0 Å². The minimum absolute atomic E-state index is 0.0936. The average molecular weight is 272 g/mol. The van der Waals surface area contributed by atoms with E-state index in [0.29, 0.717) is 6.54 Å². The van der Waals surface area contributed by atoms with E-state index in [1.807, 2.05) is 35.4 Å². The molecule has 2 aromatic rings. The van der Waals surface area contributed by atoms with Gasteiger partial charge in [0.15, 0.2) is 0 Å². The Labute approximate surface area is 118 Å². The van der Waals surface area contributed by atoms with E-state index in [4.69, 9.17) is 4.74 Å². The normalized spacial score (nSPS) is 23.2. The van der Waals surface area contributed by atoms with E-state index >= 15 is 0 Å². The number of carbonyl (C=O) groups excluding carboxylic acids is 1. The number of H-pyrrole nitrogens is 1. The SMILES string of the molecule is CO[C@]1(C)CCCN(C(=O)c2ccc3[nH]ccc3c2)C1. The van der Waals surface area contributed by atoms with Crippen molar-refractivity contribution in [3.05, 3.63) is 36.0 Å². The van der Waals surface area contributed by atoms with Crippen molar-refractivity contribution < 1.29 is 9.53 Å². The summed E-state index contributed by atoms with van der Waals surface area (Å²) in [5.74, 6) is 0.0936. The number of benzene rings is 1. The number of piperidine rings is 1. The van der Waals surface area contributed by atoms with E-state index in [0.717, 1.165) is 35.9 Å². The van der Waals surface area contributed by atoms with Crippen molar-refractivity contribution in [2.24, 2.45) is 0 Å². The Morgan fingerprint density at radius 3 is 3.05 bits per heavy atom. The van der Waals surface area contributed by atoms with Crippen LogP contribution in [0.4, 0.5) is 0 Å². The molecule has 1 aromatic heterocycles. The lowest BCUT2D eigenvalue weighted by Crippen LogP contribution is -2.49. The van der Waals surface area contributed by atoms with Gasteiger partial charge in [-0.3, -0.25) is 4.79 Å². The maximum absolute atomic E-state index is 12.6. The lowest BCUT2D eigenvalue weighted by atomic mass is 9.94. The first-order valence-corrected chi connectivity index (χ1v) is 7.03. The molecular weight excluding hydrogens is 252 g/mol. The number of likely N-dealkylation sites (tertiary alicyclic amines) is 1. The number of methoxy groups -OCH3 is 1. The van der Waals surface area contributed by atoms with E-state index < -0.39 is 0 Å². The first kappa shape index (κ1) is 13.2. The number of hydrogen-bond acceptors (Lipinski definition) is 2. The molecule has 0 bridgehead atoms. The van der Waals surface area contributed by atoms with E-state index in [9.17, 15) is 4.79 Å². The van der Waals surface area contributed by atoms with Crippen LogP contribution in [-0.4, -0.2) is 41.6 Å². The monoisotopic (exact) mass is 272 g/mol. The highest BCUT2D eigenvalue weighted by Gasteiger charge is 2.33. The fourth-order valence-electron chi connectivity index (χ4n) is 2.91. The van der Waals surface area contributed by atoms with Crippen LogP contribution in [0.1, 0.15) is 30.1 Å². The summed E-state index contributed by atoms with van der Waals surface area (Å²) in [6.07, 6.45) is 3.88. The number of aromatic amines is 1. The maximum atomic E-state index is 12.6. The van der Waals surface area contributed by atoms with E-state index in [1.165, 1.54) is 0 Å². The van der Waals surface area contributed by atoms with E-state index in [-0.39, 0.29) is 11.5 Å². The van der Waals surface area contributed by atoms with Crippen LogP contribution in [0.5, 0.6) is 0 Å². The minimum Gasteiger partial charge on any atom is -0.377 e. The molecule has 2 heterocycles. The molecule has 1 fully saturated rings. The Kier molecular flexibility index (Phi) is 3.26. The van der Waals surface area contributed by atoms with Gasteiger partial charge in [-0.2, -0.15) is 0 Å². The van der Waals surface area contributed by atoms with Crippen LogP contribution in [0.15, 0.2) is 30.5 Å². The van der Waals surface area contributed by atoms with Gasteiger partial charge < -0.3 is 14.6 Å². The smallest absolute Gasteiger partial charge is 0.253 e. The molecule has 4 heteroatoms. The highest BCUT2D eigenvalue weighted by Crippen LogP contribution is 2.25. The number of hydrogen-bond donors (Lipinski definition) is 1. The number of ether oxygens (including phenoxy) is 1. The molecule has 1 saturated heterocycles. The number of nitrogens with one attached hydrogen (secondary N) is 1. The van der Waals surface area contributed by atoms with Crippen LogP contribution < -0.4 is 0 Å². The van der Waals surface area contributed by atoms with Crippen LogP contribution in [0.3, 0.4) is 0 Å². The van der Waals surface area contributed by atoms with Crippen molar-refractivity contribution in [2.75, 3.05) is 20.2 Å². The molecule has 0 spiro atoms. The summed E-state index contributed by atoms with van der Waals surface area (Å²) in [6.45, 7) is 3.54. The Morgan fingerprint density at radius 2 is 2.25 bits per heavy atom. The Hall–Kier alpha value is -1.81. The molecule has 0 saturated carbocycles. The molecule has 1 aliphatic heterocycles. The fraction of sp³-hybridized carbons (Fsp3) is 0.438. The minimum atomic E-state index is -0.216. The van der Waals surface area contributed by atoms with Crippen molar-refractivity contribution in [2.45, 2.75) is 25.4 Å². The number of amides is 1. The number of nitrogens with zero attached hydrogens (tertiary/aromatic N) is 1. The zero-order valence-electron chi connectivity index (χ0n) is 12.0. The third kappa shape index (κ3) is 2.31. The molecule has 0 radical (unpaired) electrons. The molecule has 4 nitrogen and oxygen atoms in total. The van der Waals surface area contributed by atoms with Gasteiger partial charge in [0, 0.05) is 42.9 Å². The predicted octanol–water partition coefficient (Wildman–Crippen LogP) is 2.81. The second kappa shape index (κ2) is 4.94. The lowest BCUT2D eigenvalue weighted by Gasteiger charge is -2.39. The molecule has 0 unspecified atom stereocenters. The van der Waals surface area contributed by atoms with Gasteiger partial charge in [0.2, 0.25) is 0 Å². The Morgan fingerprint density at radius 1 is 1.40 bits per heavy atom. The molecule has 1 N–H and O–H groups in total. The van der Waals surface area contributed by atoms with Crippen molar-refractivity contribution >= 4 is 16.8 Å². The van der Waals surface area contributed by atoms with Gasteiger partial charge in [0.05, 0.1) is 5.60 Å². The second-order valence-corrected chi connectivity index (χ2v) is 5.76. The van der Waals surface area contributed by atoms with Crippen LogP contribution in [0, 0.1) is 0 Å². The first-order chi connectivity index (χ1) is 9.61. The summed E-state index contributed by atoms with van der Waals surface area (Å²) in [6, 6.07) is 7.79. The standard InChI is InChI=1S/C16H20N2O2/c1-16(20-2)7-3-9-18(11-16)15(19)13-4-5-14-12(10-13)6-8-17-14/h4-6,8,10,17H,3,7,9,11H2,1-2H3/t16-/m1/s1. The van der Waals surface area contributed by atoms with Gasteiger partial charge in [-0.15, -0.1) is 0 Å². The van der Waals surface area contributed by atoms with Crippen molar-refractivity contribution in [1.29, 1.82) is 0 Å². The second-order valence-electron chi connectivity index (χ2n) is 5.76. The summed E-state index contributed by atoms with van der Waals surface area (Å²) in [5.41, 5.74) is 1.59. The molecular formula is C16H20N2O2. The molecule has 1 aliphatic rings. The predicted molar refractivity (Wildman–Crippen MR) is 78.9 cm³/mol. The highest BCUT2D eigenvalue weighted by atomic mass is 16.5. The highest BCUT2D eigenvalue weighted by molar-refractivity contribution is 5.98. The summed E-state index contributed by atoms with van der Waals surface area (Å²) in [5, 5.41) is 1.07. The van der Waals surface area contributed by atoms with Gasteiger partial charge >= 0.3 is 0 Å². The molecule has 0 aliphatic carbocycles. The largest absolute Gasteiger partial charge is 0.377 e.